The number of rotatable bonds is 8. The molecule has 3 N–H and O–H groups in total. The van der Waals surface area contributed by atoms with E-state index in [1.54, 1.807) is 12.4 Å². The Kier molecular flexibility index (Phi) is 7.85. The van der Waals surface area contributed by atoms with E-state index in [2.05, 4.69) is 9.71 Å². The second-order valence-electron chi connectivity index (χ2n) is 5.96. The molecule has 5 nitrogen and oxygen atoms in total. The number of hydrogen-bond donors (Lipinski definition) is 1. The Morgan fingerprint density at radius 3 is 2.33 bits per heavy atom. The van der Waals surface area contributed by atoms with Crippen molar-refractivity contribution < 1.29 is 14.5 Å². The topological polar surface area (TPSA) is 90.6 Å². The molecule has 0 fully saturated rings. The van der Waals surface area contributed by atoms with Gasteiger partial charge in [0.15, 0.2) is 0 Å². The van der Waals surface area contributed by atoms with E-state index >= 15 is 0 Å². The van der Waals surface area contributed by atoms with Gasteiger partial charge in [0, 0.05) is 30.9 Å². The Labute approximate surface area is 161 Å². The molecule has 0 radical (unpaired) electrons. The summed E-state index contributed by atoms with van der Waals surface area (Å²) in [5, 5.41) is 0. The molecule has 140 valence electrons. The first-order valence-corrected chi connectivity index (χ1v) is 9.59. The molecule has 2 aromatic carbocycles. The summed E-state index contributed by atoms with van der Waals surface area (Å²) in [7, 11) is -1.30. The highest BCUT2D eigenvalue weighted by Crippen LogP contribution is 2.15. The SMILES string of the molecule is O.O=C(CCc1cccnc1)Cc1ccc(NS(=O)c2ccccc2)cc1. The van der Waals surface area contributed by atoms with Crippen molar-refractivity contribution in [2.45, 2.75) is 24.2 Å². The summed E-state index contributed by atoms with van der Waals surface area (Å²) >= 11 is 0. The van der Waals surface area contributed by atoms with Crippen molar-refractivity contribution in [2.75, 3.05) is 4.72 Å². The van der Waals surface area contributed by atoms with Gasteiger partial charge in [0.05, 0.1) is 4.90 Å². The van der Waals surface area contributed by atoms with Crippen molar-refractivity contribution >= 4 is 22.5 Å². The van der Waals surface area contributed by atoms with Crippen LogP contribution in [0.4, 0.5) is 5.69 Å². The average Bonchev–Trinajstić information content (AvgIpc) is 2.69. The van der Waals surface area contributed by atoms with Gasteiger partial charge in [-0.1, -0.05) is 36.4 Å². The summed E-state index contributed by atoms with van der Waals surface area (Å²) in [6.07, 6.45) is 5.14. The van der Waals surface area contributed by atoms with Gasteiger partial charge in [0.25, 0.3) is 0 Å². The van der Waals surface area contributed by atoms with E-state index in [0.29, 0.717) is 19.3 Å². The number of aryl methyl sites for hydroxylation is 1. The number of Topliss-reactive ketones (excluding diaryl/α,β-unsaturated/α-hetero) is 1. The number of hydrogen-bond acceptors (Lipinski definition) is 3. The molecule has 0 saturated carbocycles. The minimum atomic E-state index is -1.30. The monoisotopic (exact) mass is 382 g/mol. The van der Waals surface area contributed by atoms with Crippen LogP contribution in [0.1, 0.15) is 17.5 Å². The minimum absolute atomic E-state index is 0. The normalized spacial score (nSPS) is 11.3. The van der Waals surface area contributed by atoms with Gasteiger partial charge in [-0.25, -0.2) is 4.21 Å². The maximum Gasteiger partial charge on any atom is 0.150 e. The molecule has 1 aromatic heterocycles. The molecular weight excluding hydrogens is 360 g/mol. The molecule has 1 unspecified atom stereocenters. The number of aromatic nitrogens is 1. The zero-order chi connectivity index (χ0) is 18.2. The lowest BCUT2D eigenvalue weighted by Crippen LogP contribution is -2.06. The number of nitrogens with zero attached hydrogens (tertiary/aromatic N) is 1. The number of ketones is 1. The molecular formula is C21H22N2O3S. The predicted octanol–water partition coefficient (Wildman–Crippen LogP) is 3.14. The van der Waals surface area contributed by atoms with Gasteiger partial charge in [-0.05, 0) is 47.9 Å². The van der Waals surface area contributed by atoms with Gasteiger partial charge in [-0.15, -0.1) is 0 Å². The van der Waals surface area contributed by atoms with Crippen LogP contribution in [0.15, 0.2) is 84.0 Å². The third-order valence-corrected chi connectivity index (χ3v) is 5.06. The maximum absolute atomic E-state index is 12.2. The Morgan fingerprint density at radius 1 is 0.926 bits per heavy atom. The van der Waals surface area contributed by atoms with Crippen molar-refractivity contribution in [3.8, 4) is 0 Å². The first-order valence-electron chi connectivity index (χ1n) is 8.44. The standard InChI is InChI=1S/C21H20N2O2S.H2O/c24-20(13-10-18-5-4-14-22-16-18)15-17-8-11-19(12-9-17)23-26(25)21-6-2-1-3-7-21;/h1-9,11-12,14,16,23H,10,13,15H2;1H2. The molecule has 27 heavy (non-hydrogen) atoms. The summed E-state index contributed by atoms with van der Waals surface area (Å²) in [6.45, 7) is 0. The second-order valence-corrected chi connectivity index (χ2v) is 7.17. The summed E-state index contributed by atoms with van der Waals surface area (Å²) in [6, 6.07) is 20.6. The number of pyridine rings is 1. The van der Waals surface area contributed by atoms with Crippen LogP contribution in [0, 0.1) is 0 Å². The smallest absolute Gasteiger partial charge is 0.150 e. The van der Waals surface area contributed by atoms with Gasteiger partial charge in [0.1, 0.15) is 16.8 Å². The van der Waals surface area contributed by atoms with Crippen LogP contribution >= 0.6 is 0 Å². The molecule has 6 heteroatoms. The second kappa shape index (κ2) is 10.4. The lowest BCUT2D eigenvalue weighted by molar-refractivity contribution is -0.118. The molecule has 0 aliphatic heterocycles. The van der Waals surface area contributed by atoms with Crippen LogP contribution < -0.4 is 4.72 Å². The van der Waals surface area contributed by atoms with E-state index in [9.17, 15) is 9.00 Å². The van der Waals surface area contributed by atoms with Gasteiger partial charge >= 0.3 is 0 Å². The fourth-order valence-electron chi connectivity index (χ4n) is 2.55. The molecule has 1 atom stereocenters. The molecule has 0 aliphatic carbocycles. The lowest BCUT2D eigenvalue weighted by Gasteiger charge is -2.07. The zero-order valence-electron chi connectivity index (χ0n) is 14.8. The first-order chi connectivity index (χ1) is 12.7. The maximum atomic E-state index is 12.2. The molecule has 1 heterocycles. The minimum Gasteiger partial charge on any atom is -0.412 e. The third kappa shape index (κ3) is 6.44. The highest BCUT2D eigenvalue weighted by atomic mass is 32.2. The highest BCUT2D eigenvalue weighted by Gasteiger charge is 2.06. The van der Waals surface area contributed by atoms with E-state index in [0.717, 1.165) is 21.7 Å². The molecule has 3 rings (SSSR count). The number of anilines is 1. The molecule has 0 spiro atoms. The molecule has 0 bridgehead atoms. The van der Waals surface area contributed by atoms with Gasteiger partial charge in [0.2, 0.25) is 0 Å². The van der Waals surface area contributed by atoms with Crippen molar-refractivity contribution in [1.82, 2.24) is 4.98 Å². The van der Waals surface area contributed by atoms with Crippen molar-refractivity contribution in [1.29, 1.82) is 0 Å². The van der Waals surface area contributed by atoms with Crippen LogP contribution in [0.2, 0.25) is 0 Å². The van der Waals surface area contributed by atoms with Crippen molar-refractivity contribution in [3.05, 3.63) is 90.3 Å². The van der Waals surface area contributed by atoms with E-state index < -0.39 is 11.0 Å². The summed E-state index contributed by atoms with van der Waals surface area (Å²) in [5.74, 6) is 0.197. The van der Waals surface area contributed by atoms with Crippen LogP contribution in [-0.2, 0) is 28.6 Å². The van der Waals surface area contributed by atoms with Crippen LogP contribution in [0.5, 0.6) is 0 Å². The Bertz CT molecular complexity index is 869. The van der Waals surface area contributed by atoms with E-state index in [-0.39, 0.29) is 11.3 Å². The van der Waals surface area contributed by atoms with Crippen molar-refractivity contribution in [3.63, 3.8) is 0 Å². The molecule has 0 saturated heterocycles. The summed E-state index contributed by atoms with van der Waals surface area (Å²) in [5.41, 5.74) is 2.79. The van der Waals surface area contributed by atoms with E-state index in [1.807, 2.05) is 66.7 Å². The van der Waals surface area contributed by atoms with Gasteiger partial charge in [-0.3, -0.25) is 9.78 Å². The largest absolute Gasteiger partial charge is 0.412 e. The summed E-state index contributed by atoms with van der Waals surface area (Å²) in [4.78, 5) is 16.9. The fourth-order valence-corrected chi connectivity index (χ4v) is 3.42. The number of carbonyl (C=O) groups excluding carboxylic acids is 1. The Hall–Kier alpha value is -2.83. The average molecular weight is 382 g/mol. The molecule has 0 aliphatic rings. The van der Waals surface area contributed by atoms with Crippen LogP contribution in [-0.4, -0.2) is 20.5 Å². The number of benzene rings is 2. The lowest BCUT2D eigenvalue weighted by atomic mass is 10.0. The Morgan fingerprint density at radius 2 is 1.67 bits per heavy atom. The van der Waals surface area contributed by atoms with Crippen LogP contribution in [0.25, 0.3) is 0 Å². The highest BCUT2D eigenvalue weighted by molar-refractivity contribution is 7.86. The van der Waals surface area contributed by atoms with Gasteiger partial charge in [-0.2, -0.15) is 0 Å². The molecule has 0 amide bonds. The fraction of sp³-hybridized carbons (Fsp3) is 0.143. The third-order valence-electron chi connectivity index (χ3n) is 3.94. The number of nitrogens with one attached hydrogen (secondary N) is 1. The summed E-state index contributed by atoms with van der Waals surface area (Å²) < 4.78 is 15.2. The first kappa shape index (κ1) is 20.5. The molecule has 3 aromatic rings. The van der Waals surface area contributed by atoms with E-state index in [4.69, 9.17) is 0 Å². The van der Waals surface area contributed by atoms with Crippen molar-refractivity contribution in [2.24, 2.45) is 0 Å². The zero-order valence-corrected chi connectivity index (χ0v) is 15.6. The van der Waals surface area contributed by atoms with Crippen LogP contribution in [0.3, 0.4) is 0 Å². The van der Waals surface area contributed by atoms with Gasteiger partial charge < -0.3 is 10.2 Å². The predicted molar refractivity (Wildman–Crippen MR) is 108 cm³/mol. The van der Waals surface area contributed by atoms with E-state index in [1.165, 1.54) is 0 Å². The Balaban J connectivity index is 0.00000261. The quantitative estimate of drug-likeness (QED) is 0.649. The number of carbonyl (C=O) groups is 1.